The van der Waals surface area contributed by atoms with Gasteiger partial charge in [0.05, 0.1) is 43.3 Å². The Morgan fingerprint density at radius 2 is 2.06 bits per heavy atom. The van der Waals surface area contributed by atoms with Crippen LogP contribution in [0.3, 0.4) is 0 Å². The zero-order chi connectivity index (χ0) is 22.0. The average Bonchev–Trinajstić information content (AvgIpc) is 3.54. The van der Waals surface area contributed by atoms with Crippen LogP contribution in [0.5, 0.6) is 5.75 Å². The van der Waals surface area contributed by atoms with Crippen LogP contribution in [0.2, 0.25) is 0 Å². The van der Waals surface area contributed by atoms with E-state index in [0.717, 1.165) is 25.0 Å². The van der Waals surface area contributed by atoms with E-state index in [1.54, 1.807) is 12.3 Å². The second-order valence-corrected chi connectivity index (χ2v) is 8.92. The molecule has 1 amide bonds. The smallest absolute Gasteiger partial charge is 0.282 e. The fourth-order valence-electron chi connectivity index (χ4n) is 3.61. The Morgan fingerprint density at radius 1 is 1.29 bits per heavy atom. The molecule has 1 unspecified atom stereocenters. The van der Waals surface area contributed by atoms with E-state index in [0.29, 0.717) is 29.9 Å². The number of carbonyl (C=O) groups is 1. The molecule has 2 aromatic heterocycles. The third-order valence-electron chi connectivity index (χ3n) is 5.49. The molecule has 0 radical (unpaired) electrons. The maximum atomic E-state index is 13.3. The SMILES string of the molecule is CC(C)CC(NC(=O)c1ncc(N2CC(F)(F)C2)cc1OCC1CC1)c1ccccn1. The summed E-state index contributed by atoms with van der Waals surface area (Å²) in [5.41, 5.74) is 1.49. The Kier molecular flexibility index (Phi) is 6.07. The summed E-state index contributed by atoms with van der Waals surface area (Å²) in [6.45, 7) is 3.97. The van der Waals surface area contributed by atoms with Gasteiger partial charge in [0.15, 0.2) is 11.4 Å². The minimum Gasteiger partial charge on any atom is -0.491 e. The van der Waals surface area contributed by atoms with Gasteiger partial charge in [-0.2, -0.15) is 0 Å². The Bertz CT molecular complexity index is 911. The maximum absolute atomic E-state index is 13.3. The first-order valence-corrected chi connectivity index (χ1v) is 10.8. The van der Waals surface area contributed by atoms with Gasteiger partial charge in [-0.25, -0.2) is 13.8 Å². The number of nitrogens with zero attached hydrogens (tertiary/aromatic N) is 3. The molecule has 1 saturated carbocycles. The highest BCUT2D eigenvalue weighted by Gasteiger charge is 2.44. The standard InChI is InChI=1S/C23H28F2N4O2/c1-15(2)9-19(18-5-3-4-8-26-18)28-22(30)21-20(31-12-16-6-7-16)10-17(11-27-21)29-13-23(24,25)14-29/h3-5,8,10-11,15-16,19H,6-7,9,12-14H2,1-2H3,(H,28,30). The first-order chi connectivity index (χ1) is 14.8. The molecule has 3 heterocycles. The number of rotatable bonds is 9. The van der Waals surface area contributed by atoms with Crippen LogP contribution in [0.4, 0.5) is 14.5 Å². The predicted octanol–water partition coefficient (Wildman–Crippen LogP) is 4.24. The van der Waals surface area contributed by atoms with Gasteiger partial charge in [-0.05, 0) is 43.2 Å². The second-order valence-electron chi connectivity index (χ2n) is 8.92. The number of carbonyl (C=O) groups excluding carboxylic acids is 1. The average molecular weight is 430 g/mol. The normalized spacial score (nSPS) is 18.4. The van der Waals surface area contributed by atoms with E-state index >= 15 is 0 Å². The Balaban J connectivity index is 1.54. The quantitative estimate of drug-likeness (QED) is 0.645. The van der Waals surface area contributed by atoms with E-state index < -0.39 is 5.92 Å². The summed E-state index contributed by atoms with van der Waals surface area (Å²) in [6.07, 6.45) is 6.09. The molecule has 6 nitrogen and oxygen atoms in total. The van der Waals surface area contributed by atoms with Crippen molar-refractivity contribution in [2.24, 2.45) is 11.8 Å². The van der Waals surface area contributed by atoms with Gasteiger partial charge >= 0.3 is 0 Å². The van der Waals surface area contributed by atoms with Crippen molar-refractivity contribution in [2.75, 3.05) is 24.6 Å². The molecule has 31 heavy (non-hydrogen) atoms. The molecule has 1 atom stereocenters. The van der Waals surface area contributed by atoms with Crippen molar-refractivity contribution < 1.29 is 18.3 Å². The molecule has 1 N–H and O–H groups in total. The van der Waals surface area contributed by atoms with E-state index in [-0.39, 0.29) is 30.7 Å². The highest BCUT2D eigenvalue weighted by atomic mass is 19.3. The van der Waals surface area contributed by atoms with Crippen LogP contribution in [0, 0.1) is 11.8 Å². The number of nitrogens with one attached hydrogen (secondary N) is 1. The van der Waals surface area contributed by atoms with Gasteiger partial charge in [0.1, 0.15) is 0 Å². The molecule has 2 aromatic rings. The molecule has 1 aliphatic carbocycles. The summed E-state index contributed by atoms with van der Waals surface area (Å²) in [5.74, 6) is -1.88. The van der Waals surface area contributed by atoms with Gasteiger partial charge in [0.2, 0.25) is 0 Å². The van der Waals surface area contributed by atoms with Crippen LogP contribution >= 0.6 is 0 Å². The highest BCUT2D eigenvalue weighted by Crippen LogP contribution is 2.35. The Morgan fingerprint density at radius 3 is 2.68 bits per heavy atom. The molecule has 8 heteroatoms. The van der Waals surface area contributed by atoms with Gasteiger partial charge in [-0.1, -0.05) is 19.9 Å². The van der Waals surface area contributed by atoms with Crippen LogP contribution in [0.15, 0.2) is 36.7 Å². The van der Waals surface area contributed by atoms with Crippen LogP contribution in [0.1, 0.15) is 55.3 Å². The lowest BCUT2D eigenvalue weighted by molar-refractivity contribution is -0.0263. The van der Waals surface area contributed by atoms with E-state index in [9.17, 15) is 13.6 Å². The molecule has 0 aromatic carbocycles. The molecule has 0 bridgehead atoms. The fourth-order valence-corrected chi connectivity index (χ4v) is 3.61. The van der Waals surface area contributed by atoms with Gasteiger partial charge in [-0.3, -0.25) is 9.78 Å². The molecule has 166 valence electrons. The Hall–Kier alpha value is -2.77. The topological polar surface area (TPSA) is 67.4 Å². The summed E-state index contributed by atoms with van der Waals surface area (Å²) in [7, 11) is 0. The monoisotopic (exact) mass is 430 g/mol. The van der Waals surface area contributed by atoms with Crippen molar-refractivity contribution in [3.63, 3.8) is 0 Å². The lowest BCUT2D eigenvalue weighted by Crippen LogP contribution is -2.56. The number of anilines is 1. The van der Waals surface area contributed by atoms with E-state index in [4.69, 9.17) is 4.74 Å². The number of ether oxygens (including phenoxy) is 1. The first kappa shape index (κ1) is 21.5. The molecule has 2 aliphatic rings. The highest BCUT2D eigenvalue weighted by molar-refractivity contribution is 5.95. The Labute approximate surface area is 181 Å². The van der Waals surface area contributed by atoms with Crippen molar-refractivity contribution in [2.45, 2.75) is 45.1 Å². The lowest BCUT2D eigenvalue weighted by atomic mass is 10.0. The third kappa shape index (κ3) is 5.48. The van der Waals surface area contributed by atoms with Crippen molar-refractivity contribution in [3.8, 4) is 5.75 Å². The van der Waals surface area contributed by atoms with Crippen LogP contribution in [0.25, 0.3) is 0 Å². The third-order valence-corrected chi connectivity index (χ3v) is 5.49. The van der Waals surface area contributed by atoms with E-state index in [1.165, 1.54) is 11.1 Å². The van der Waals surface area contributed by atoms with Crippen LogP contribution in [-0.2, 0) is 0 Å². The number of hydrogen-bond donors (Lipinski definition) is 1. The van der Waals surface area contributed by atoms with Crippen molar-refractivity contribution in [3.05, 3.63) is 48.0 Å². The molecule has 2 fully saturated rings. The maximum Gasteiger partial charge on any atom is 0.282 e. The van der Waals surface area contributed by atoms with Crippen molar-refractivity contribution in [1.29, 1.82) is 0 Å². The van der Waals surface area contributed by atoms with Gasteiger partial charge < -0.3 is 15.0 Å². The molecule has 4 rings (SSSR count). The summed E-state index contributed by atoms with van der Waals surface area (Å²) in [4.78, 5) is 23.4. The summed E-state index contributed by atoms with van der Waals surface area (Å²) < 4.78 is 32.5. The van der Waals surface area contributed by atoms with E-state index in [1.807, 2.05) is 18.2 Å². The first-order valence-electron chi connectivity index (χ1n) is 10.8. The zero-order valence-corrected chi connectivity index (χ0v) is 17.9. The largest absolute Gasteiger partial charge is 0.491 e. The molecule has 1 aliphatic heterocycles. The number of pyridine rings is 2. The van der Waals surface area contributed by atoms with Crippen molar-refractivity contribution in [1.82, 2.24) is 15.3 Å². The second kappa shape index (κ2) is 8.77. The fraction of sp³-hybridized carbons (Fsp3) is 0.522. The lowest BCUT2D eigenvalue weighted by Gasteiger charge is -2.40. The van der Waals surface area contributed by atoms with Gasteiger partial charge in [0.25, 0.3) is 11.8 Å². The molecular weight excluding hydrogens is 402 g/mol. The van der Waals surface area contributed by atoms with E-state index in [2.05, 4.69) is 29.1 Å². The summed E-state index contributed by atoms with van der Waals surface area (Å²) in [6, 6.07) is 7.00. The van der Waals surface area contributed by atoms with Gasteiger partial charge in [0, 0.05) is 12.3 Å². The summed E-state index contributed by atoms with van der Waals surface area (Å²) in [5, 5.41) is 3.04. The zero-order valence-electron chi connectivity index (χ0n) is 17.9. The minimum atomic E-state index is -2.68. The number of amides is 1. The number of aromatic nitrogens is 2. The van der Waals surface area contributed by atoms with Crippen LogP contribution in [-0.4, -0.2) is 41.5 Å². The summed E-state index contributed by atoms with van der Waals surface area (Å²) >= 11 is 0. The van der Waals surface area contributed by atoms with Crippen LogP contribution < -0.4 is 15.0 Å². The minimum absolute atomic E-state index is 0.168. The number of halogens is 2. The number of alkyl halides is 2. The molecule has 0 spiro atoms. The van der Waals surface area contributed by atoms with Gasteiger partial charge in [-0.15, -0.1) is 0 Å². The molecular formula is C23H28F2N4O2. The van der Waals surface area contributed by atoms with Crippen molar-refractivity contribution >= 4 is 11.6 Å². The predicted molar refractivity (Wildman–Crippen MR) is 114 cm³/mol. The molecule has 1 saturated heterocycles. The number of hydrogen-bond acceptors (Lipinski definition) is 5.